The monoisotopic (exact) mass is 240 g/mol. The third kappa shape index (κ3) is 2.99. The van der Waals surface area contributed by atoms with Crippen molar-refractivity contribution >= 4 is 24.8 Å². The van der Waals surface area contributed by atoms with Gasteiger partial charge in [-0.3, -0.25) is 4.90 Å². The number of nitrogens with one attached hydrogen (secondary N) is 1. The number of likely N-dealkylation sites (tertiary alicyclic amines) is 1. The molecule has 2 aliphatic rings. The fraction of sp³-hybridized carbons (Fsp3) is 1.00. The van der Waals surface area contributed by atoms with E-state index >= 15 is 0 Å². The summed E-state index contributed by atoms with van der Waals surface area (Å²) in [6, 6.07) is 0. The van der Waals surface area contributed by atoms with Gasteiger partial charge in [-0.15, -0.1) is 24.8 Å². The summed E-state index contributed by atoms with van der Waals surface area (Å²) in [5.41, 5.74) is 0.530. The largest absolute Gasteiger partial charge is 0.317 e. The minimum absolute atomic E-state index is 0. The number of halogens is 2. The molecule has 0 aromatic rings. The Labute approximate surface area is 99.6 Å². The number of nitrogens with zero attached hydrogens (tertiary/aromatic N) is 1. The summed E-state index contributed by atoms with van der Waals surface area (Å²) in [6.07, 6.45) is 5.52. The second-order valence-electron chi connectivity index (χ2n) is 4.44. The first-order chi connectivity index (χ1) is 5.81. The molecule has 1 N–H and O–H groups in total. The van der Waals surface area contributed by atoms with Crippen LogP contribution in [-0.4, -0.2) is 36.6 Å². The van der Waals surface area contributed by atoms with Gasteiger partial charge in [0.05, 0.1) is 0 Å². The Balaban J connectivity index is 0.000000845. The van der Waals surface area contributed by atoms with Crippen molar-refractivity contribution in [3.05, 3.63) is 0 Å². The lowest BCUT2D eigenvalue weighted by Gasteiger charge is -2.42. The molecule has 2 saturated heterocycles. The molecule has 0 unspecified atom stereocenters. The van der Waals surface area contributed by atoms with E-state index in [4.69, 9.17) is 0 Å². The molecular weight excluding hydrogens is 219 g/mol. The lowest BCUT2D eigenvalue weighted by Crippen LogP contribution is -2.51. The Morgan fingerprint density at radius 2 is 1.50 bits per heavy atom. The summed E-state index contributed by atoms with van der Waals surface area (Å²) in [7, 11) is 0. The summed E-state index contributed by atoms with van der Waals surface area (Å²) in [5, 5.41) is 3.44. The van der Waals surface area contributed by atoms with E-state index in [0.29, 0.717) is 5.54 Å². The Morgan fingerprint density at radius 3 is 2.00 bits per heavy atom. The number of hydrogen-bond donors (Lipinski definition) is 1. The second-order valence-corrected chi connectivity index (χ2v) is 4.44. The van der Waals surface area contributed by atoms with Crippen LogP contribution in [0.25, 0.3) is 0 Å². The molecule has 0 aromatic carbocycles. The van der Waals surface area contributed by atoms with Crippen LogP contribution in [0.2, 0.25) is 0 Å². The molecule has 0 spiro atoms. The van der Waals surface area contributed by atoms with Gasteiger partial charge in [0.2, 0.25) is 0 Å². The topological polar surface area (TPSA) is 15.3 Å². The lowest BCUT2D eigenvalue weighted by atomic mass is 9.89. The predicted molar refractivity (Wildman–Crippen MR) is 65.8 cm³/mol. The van der Waals surface area contributed by atoms with Crippen molar-refractivity contribution in [3.63, 3.8) is 0 Å². The molecule has 0 saturated carbocycles. The summed E-state index contributed by atoms with van der Waals surface area (Å²) >= 11 is 0. The number of hydrogen-bond acceptors (Lipinski definition) is 2. The molecule has 4 heteroatoms. The van der Waals surface area contributed by atoms with E-state index < -0.39 is 0 Å². The minimum Gasteiger partial charge on any atom is -0.317 e. The van der Waals surface area contributed by atoms with Crippen molar-refractivity contribution in [1.82, 2.24) is 10.2 Å². The maximum atomic E-state index is 3.44. The van der Waals surface area contributed by atoms with Crippen LogP contribution in [-0.2, 0) is 0 Å². The first-order valence-corrected chi connectivity index (χ1v) is 5.27. The van der Waals surface area contributed by atoms with Crippen molar-refractivity contribution in [2.45, 2.75) is 38.1 Å². The van der Waals surface area contributed by atoms with Gasteiger partial charge < -0.3 is 5.32 Å². The quantitative estimate of drug-likeness (QED) is 0.756. The van der Waals surface area contributed by atoms with Crippen molar-refractivity contribution in [3.8, 4) is 0 Å². The maximum absolute atomic E-state index is 3.44. The molecule has 2 nitrogen and oxygen atoms in total. The highest BCUT2D eigenvalue weighted by molar-refractivity contribution is 5.85. The lowest BCUT2D eigenvalue weighted by molar-refractivity contribution is 0.0983. The third-order valence-electron chi connectivity index (χ3n) is 3.55. The van der Waals surface area contributed by atoms with E-state index in [2.05, 4.69) is 17.1 Å². The molecule has 2 aliphatic heterocycles. The zero-order valence-electron chi connectivity index (χ0n) is 8.92. The van der Waals surface area contributed by atoms with E-state index in [-0.39, 0.29) is 24.8 Å². The van der Waals surface area contributed by atoms with Gasteiger partial charge in [-0.05, 0) is 58.8 Å². The van der Waals surface area contributed by atoms with Crippen LogP contribution >= 0.6 is 24.8 Å². The summed E-state index contributed by atoms with van der Waals surface area (Å²) in [6.45, 7) is 7.56. The van der Waals surface area contributed by atoms with Gasteiger partial charge >= 0.3 is 0 Å². The van der Waals surface area contributed by atoms with Crippen LogP contribution in [0.3, 0.4) is 0 Å². The van der Waals surface area contributed by atoms with Gasteiger partial charge in [-0.2, -0.15) is 0 Å². The van der Waals surface area contributed by atoms with Gasteiger partial charge in [0.25, 0.3) is 0 Å². The SMILES string of the molecule is CC1(N2CCCC2)CCNCC1.Cl.Cl. The fourth-order valence-electron chi connectivity index (χ4n) is 2.54. The number of piperidine rings is 1. The molecule has 2 heterocycles. The fourth-order valence-corrected chi connectivity index (χ4v) is 2.54. The average molecular weight is 241 g/mol. The van der Waals surface area contributed by atoms with Crippen LogP contribution in [0.15, 0.2) is 0 Å². The van der Waals surface area contributed by atoms with Crippen molar-refractivity contribution in [2.75, 3.05) is 26.2 Å². The third-order valence-corrected chi connectivity index (χ3v) is 3.55. The summed E-state index contributed by atoms with van der Waals surface area (Å²) in [5.74, 6) is 0. The van der Waals surface area contributed by atoms with Gasteiger partial charge in [-0.1, -0.05) is 0 Å². The average Bonchev–Trinajstić information content (AvgIpc) is 2.58. The van der Waals surface area contributed by atoms with Crippen molar-refractivity contribution < 1.29 is 0 Å². The molecular formula is C10H22Cl2N2. The molecule has 0 radical (unpaired) electrons. The highest BCUT2D eigenvalue weighted by atomic mass is 35.5. The number of rotatable bonds is 1. The first kappa shape index (κ1) is 14.5. The molecule has 86 valence electrons. The minimum atomic E-state index is 0. The molecule has 2 rings (SSSR count). The van der Waals surface area contributed by atoms with Crippen LogP contribution < -0.4 is 5.32 Å². The van der Waals surface area contributed by atoms with Crippen molar-refractivity contribution in [2.24, 2.45) is 0 Å². The van der Waals surface area contributed by atoms with Gasteiger partial charge in [0.1, 0.15) is 0 Å². The molecule has 2 fully saturated rings. The summed E-state index contributed by atoms with van der Waals surface area (Å²) in [4.78, 5) is 2.70. The Kier molecular flexibility index (Phi) is 6.38. The van der Waals surface area contributed by atoms with Crippen LogP contribution in [0.1, 0.15) is 32.6 Å². The zero-order chi connectivity index (χ0) is 8.44. The predicted octanol–water partition coefficient (Wildman–Crippen LogP) is 2.07. The van der Waals surface area contributed by atoms with Crippen molar-refractivity contribution in [1.29, 1.82) is 0 Å². The Hall–Kier alpha value is 0.500. The molecule has 0 atom stereocenters. The summed E-state index contributed by atoms with van der Waals surface area (Å²) < 4.78 is 0. The van der Waals surface area contributed by atoms with E-state index in [1.807, 2.05) is 0 Å². The van der Waals surface area contributed by atoms with Gasteiger partial charge in [0, 0.05) is 5.54 Å². The Morgan fingerprint density at radius 1 is 1.00 bits per heavy atom. The molecule has 0 bridgehead atoms. The molecule has 0 aliphatic carbocycles. The highest BCUT2D eigenvalue weighted by Crippen LogP contribution is 2.28. The molecule has 0 amide bonds. The smallest absolute Gasteiger partial charge is 0.0205 e. The Bertz CT molecular complexity index is 152. The standard InChI is InChI=1S/C10H20N2.2ClH/c1-10(4-6-11-7-5-10)12-8-2-3-9-12;;/h11H,2-9H2,1H3;2*1H. The molecule has 14 heavy (non-hydrogen) atoms. The van der Waals surface area contributed by atoms with E-state index in [9.17, 15) is 0 Å². The molecule has 0 aromatic heterocycles. The van der Waals surface area contributed by atoms with Gasteiger partial charge in [-0.25, -0.2) is 0 Å². The van der Waals surface area contributed by atoms with E-state index in [1.54, 1.807) is 0 Å². The zero-order valence-corrected chi connectivity index (χ0v) is 10.6. The van der Waals surface area contributed by atoms with Crippen LogP contribution in [0, 0.1) is 0 Å². The normalized spacial score (nSPS) is 26.4. The highest BCUT2D eigenvalue weighted by Gasteiger charge is 2.34. The van der Waals surface area contributed by atoms with Crippen LogP contribution in [0.5, 0.6) is 0 Å². The van der Waals surface area contributed by atoms with E-state index in [1.165, 1.54) is 51.9 Å². The van der Waals surface area contributed by atoms with Gasteiger partial charge in [0.15, 0.2) is 0 Å². The van der Waals surface area contributed by atoms with Crippen LogP contribution in [0.4, 0.5) is 0 Å². The first-order valence-electron chi connectivity index (χ1n) is 5.27. The van der Waals surface area contributed by atoms with E-state index in [0.717, 1.165) is 0 Å². The maximum Gasteiger partial charge on any atom is 0.0205 e. The second kappa shape index (κ2) is 6.16.